The number of carboxylic acids is 1. The van der Waals surface area contributed by atoms with E-state index in [1.807, 2.05) is 5.38 Å². The van der Waals surface area contributed by atoms with Crippen molar-refractivity contribution in [1.82, 2.24) is 9.97 Å². The summed E-state index contributed by atoms with van der Waals surface area (Å²) in [5.74, 6) is -1.20. The molecule has 1 aliphatic carbocycles. The lowest BCUT2D eigenvalue weighted by Gasteiger charge is -2.16. The van der Waals surface area contributed by atoms with Gasteiger partial charge in [-0.2, -0.15) is 0 Å². The van der Waals surface area contributed by atoms with E-state index in [2.05, 4.69) is 15.3 Å². The van der Waals surface area contributed by atoms with Crippen molar-refractivity contribution in [2.45, 2.75) is 31.7 Å². The number of aryl methyl sites for hydroxylation is 1. The van der Waals surface area contributed by atoms with Gasteiger partial charge < -0.3 is 10.4 Å². The first-order chi connectivity index (χ1) is 9.24. The van der Waals surface area contributed by atoms with Crippen molar-refractivity contribution in [1.29, 1.82) is 0 Å². The van der Waals surface area contributed by atoms with Crippen LogP contribution in [0, 0.1) is 0 Å². The summed E-state index contributed by atoms with van der Waals surface area (Å²) in [6, 6.07) is 0. The van der Waals surface area contributed by atoms with E-state index in [1.54, 1.807) is 28.9 Å². The van der Waals surface area contributed by atoms with E-state index in [0.29, 0.717) is 13.0 Å². The smallest absolute Gasteiger partial charge is 0.312 e. The molecule has 100 valence electrons. The van der Waals surface area contributed by atoms with Crippen molar-refractivity contribution in [3.05, 3.63) is 27.2 Å². The molecular weight excluding hydrogens is 282 g/mol. The molecule has 2 aromatic heterocycles. The van der Waals surface area contributed by atoms with Crippen molar-refractivity contribution >= 4 is 33.8 Å². The Labute approximate surface area is 118 Å². The van der Waals surface area contributed by atoms with Gasteiger partial charge in [-0.15, -0.1) is 22.7 Å². The van der Waals surface area contributed by atoms with Crippen LogP contribution in [0.4, 0.5) is 5.13 Å². The average molecular weight is 295 g/mol. The lowest BCUT2D eigenvalue weighted by atomic mass is 9.91. The van der Waals surface area contributed by atoms with Crippen LogP contribution in [-0.4, -0.2) is 21.0 Å². The van der Waals surface area contributed by atoms with Crippen LogP contribution in [0.15, 0.2) is 11.6 Å². The van der Waals surface area contributed by atoms with E-state index in [1.165, 1.54) is 0 Å². The molecule has 2 N–H and O–H groups in total. The van der Waals surface area contributed by atoms with E-state index in [0.717, 1.165) is 33.6 Å². The highest BCUT2D eigenvalue weighted by Gasteiger charge is 2.29. The molecule has 19 heavy (non-hydrogen) atoms. The van der Waals surface area contributed by atoms with E-state index in [-0.39, 0.29) is 0 Å². The Morgan fingerprint density at radius 3 is 3.21 bits per heavy atom. The van der Waals surface area contributed by atoms with Crippen LogP contribution in [0.1, 0.15) is 34.3 Å². The van der Waals surface area contributed by atoms with Gasteiger partial charge >= 0.3 is 5.97 Å². The molecule has 5 nitrogen and oxygen atoms in total. The summed E-state index contributed by atoms with van der Waals surface area (Å²) in [6.07, 6.45) is 4.33. The number of nitrogens with zero attached hydrogens (tertiary/aromatic N) is 2. The Kier molecular flexibility index (Phi) is 3.48. The number of fused-ring (bicyclic) bond motifs is 1. The van der Waals surface area contributed by atoms with Gasteiger partial charge in [-0.05, 0) is 19.3 Å². The standard InChI is InChI=1S/C12H13N3O2S2/c16-11(17)7-2-1-3-8-10(7)15-12(19-8)14-6-9-13-4-5-18-9/h4-5,7H,1-3,6H2,(H,14,15)(H,16,17). The van der Waals surface area contributed by atoms with Crippen molar-refractivity contribution in [3.8, 4) is 0 Å². The van der Waals surface area contributed by atoms with Gasteiger partial charge in [-0.3, -0.25) is 4.79 Å². The normalized spacial score (nSPS) is 18.0. The molecule has 0 aliphatic heterocycles. The minimum absolute atomic E-state index is 0.435. The highest BCUT2D eigenvalue weighted by molar-refractivity contribution is 7.15. The number of aromatic nitrogens is 2. The number of anilines is 1. The van der Waals surface area contributed by atoms with Crippen LogP contribution in [0.2, 0.25) is 0 Å². The SMILES string of the molecule is O=C(O)C1CCCc2sc(NCc3nccs3)nc21. The number of carbonyl (C=O) groups is 1. The van der Waals surface area contributed by atoms with Gasteiger partial charge in [-0.25, -0.2) is 9.97 Å². The Morgan fingerprint density at radius 1 is 1.58 bits per heavy atom. The van der Waals surface area contributed by atoms with E-state index in [4.69, 9.17) is 0 Å². The fourth-order valence-corrected chi connectivity index (χ4v) is 3.84. The molecule has 0 radical (unpaired) electrons. The maximum Gasteiger partial charge on any atom is 0.312 e. The molecule has 0 aromatic carbocycles. The van der Waals surface area contributed by atoms with Gasteiger partial charge in [-0.1, -0.05) is 0 Å². The second-order valence-corrected chi connectivity index (χ2v) is 6.45. The average Bonchev–Trinajstić information content (AvgIpc) is 3.04. The molecule has 0 saturated carbocycles. The Morgan fingerprint density at radius 2 is 2.47 bits per heavy atom. The summed E-state index contributed by atoms with van der Waals surface area (Å²) in [4.78, 5) is 21.0. The summed E-state index contributed by atoms with van der Waals surface area (Å²) in [5.41, 5.74) is 0.755. The summed E-state index contributed by atoms with van der Waals surface area (Å²) in [7, 11) is 0. The van der Waals surface area contributed by atoms with Crippen LogP contribution < -0.4 is 5.32 Å². The topological polar surface area (TPSA) is 75.1 Å². The highest BCUT2D eigenvalue weighted by atomic mass is 32.1. The summed E-state index contributed by atoms with van der Waals surface area (Å²) in [5, 5.41) is 16.2. The first kappa shape index (κ1) is 12.6. The first-order valence-corrected chi connectivity index (χ1v) is 7.78. The van der Waals surface area contributed by atoms with Gasteiger partial charge in [0.05, 0.1) is 12.2 Å². The van der Waals surface area contributed by atoms with Gasteiger partial charge in [0.15, 0.2) is 5.13 Å². The van der Waals surface area contributed by atoms with Crippen molar-refractivity contribution in [3.63, 3.8) is 0 Å². The third-order valence-corrected chi connectivity index (χ3v) is 4.99. The molecule has 1 aliphatic rings. The van der Waals surface area contributed by atoms with Crippen LogP contribution in [0.3, 0.4) is 0 Å². The maximum atomic E-state index is 11.2. The Hall–Kier alpha value is -1.47. The predicted octanol–water partition coefficient (Wildman–Crippen LogP) is 2.72. The van der Waals surface area contributed by atoms with Crippen LogP contribution in [-0.2, 0) is 17.8 Å². The lowest BCUT2D eigenvalue weighted by molar-refractivity contribution is -0.139. The first-order valence-electron chi connectivity index (χ1n) is 6.08. The van der Waals surface area contributed by atoms with Gasteiger partial charge in [0.2, 0.25) is 0 Å². The molecule has 3 rings (SSSR count). The number of hydrogen-bond donors (Lipinski definition) is 2. The van der Waals surface area contributed by atoms with Crippen molar-refractivity contribution < 1.29 is 9.90 Å². The maximum absolute atomic E-state index is 11.2. The van der Waals surface area contributed by atoms with Gasteiger partial charge in [0.25, 0.3) is 0 Å². The molecule has 0 fully saturated rings. The number of nitrogens with one attached hydrogen (secondary N) is 1. The molecule has 0 bridgehead atoms. The van der Waals surface area contributed by atoms with E-state index < -0.39 is 11.9 Å². The predicted molar refractivity (Wildman–Crippen MR) is 74.9 cm³/mol. The number of carboxylic acid groups (broad SMARTS) is 1. The second kappa shape index (κ2) is 5.26. The second-order valence-electron chi connectivity index (χ2n) is 4.39. The number of hydrogen-bond acceptors (Lipinski definition) is 6. The fourth-order valence-electron chi connectivity index (χ4n) is 2.23. The minimum Gasteiger partial charge on any atom is -0.481 e. The zero-order valence-electron chi connectivity index (χ0n) is 10.1. The zero-order valence-corrected chi connectivity index (χ0v) is 11.8. The molecule has 7 heteroatoms. The Balaban J connectivity index is 1.76. The summed E-state index contributed by atoms with van der Waals surface area (Å²) in [6.45, 7) is 0.641. The third kappa shape index (κ3) is 2.62. The van der Waals surface area contributed by atoms with E-state index >= 15 is 0 Å². The van der Waals surface area contributed by atoms with Crippen LogP contribution in [0.25, 0.3) is 0 Å². The zero-order chi connectivity index (χ0) is 13.2. The number of rotatable bonds is 4. The van der Waals surface area contributed by atoms with Gasteiger partial charge in [0, 0.05) is 16.5 Å². The Bertz CT molecular complexity index is 580. The number of aliphatic carboxylic acids is 1. The van der Waals surface area contributed by atoms with Gasteiger partial charge in [0.1, 0.15) is 10.9 Å². The molecule has 0 spiro atoms. The fraction of sp³-hybridized carbons (Fsp3) is 0.417. The summed E-state index contributed by atoms with van der Waals surface area (Å²) < 4.78 is 0. The minimum atomic E-state index is -0.766. The molecule has 0 saturated heterocycles. The van der Waals surface area contributed by atoms with E-state index in [9.17, 15) is 9.90 Å². The third-order valence-electron chi connectivity index (χ3n) is 3.13. The van der Waals surface area contributed by atoms with Crippen LogP contribution in [0.5, 0.6) is 0 Å². The molecule has 1 unspecified atom stereocenters. The largest absolute Gasteiger partial charge is 0.481 e. The van der Waals surface area contributed by atoms with Crippen molar-refractivity contribution in [2.75, 3.05) is 5.32 Å². The molecule has 2 aromatic rings. The lowest BCUT2D eigenvalue weighted by Crippen LogP contribution is -2.17. The monoisotopic (exact) mass is 295 g/mol. The molecule has 0 amide bonds. The number of thiazole rings is 2. The highest BCUT2D eigenvalue weighted by Crippen LogP contribution is 2.36. The summed E-state index contributed by atoms with van der Waals surface area (Å²) >= 11 is 3.16. The van der Waals surface area contributed by atoms with Crippen molar-refractivity contribution in [2.24, 2.45) is 0 Å². The molecular formula is C12H13N3O2S2. The van der Waals surface area contributed by atoms with Crippen LogP contribution >= 0.6 is 22.7 Å². The quantitative estimate of drug-likeness (QED) is 0.907. The molecule has 1 atom stereocenters. The molecule has 2 heterocycles.